The van der Waals surface area contributed by atoms with Crippen molar-refractivity contribution in [2.24, 2.45) is 5.14 Å². The summed E-state index contributed by atoms with van der Waals surface area (Å²) in [5.74, 6) is 0.799. The molecule has 2 N–H and O–H groups in total. The molecule has 1 aromatic heterocycles. The van der Waals surface area contributed by atoms with Crippen molar-refractivity contribution >= 4 is 10.0 Å². The first-order chi connectivity index (χ1) is 8.52. The highest BCUT2D eigenvalue weighted by molar-refractivity contribution is 7.89. The van der Waals surface area contributed by atoms with Crippen molar-refractivity contribution in [2.45, 2.75) is 43.7 Å². The first-order valence-corrected chi connectivity index (χ1v) is 7.75. The van der Waals surface area contributed by atoms with E-state index in [0.29, 0.717) is 13.2 Å². The van der Waals surface area contributed by atoms with Gasteiger partial charge in [-0.25, -0.2) is 18.5 Å². The molecule has 6 nitrogen and oxygen atoms in total. The van der Waals surface area contributed by atoms with Gasteiger partial charge in [-0.2, -0.15) is 0 Å². The van der Waals surface area contributed by atoms with Crippen LogP contribution in [0, 0.1) is 0 Å². The van der Waals surface area contributed by atoms with Gasteiger partial charge in [-0.05, 0) is 19.3 Å². The summed E-state index contributed by atoms with van der Waals surface area (Å²) in [4.78, 5) is 4.16. The van der Waals surface area contributed by atoms with E-state index in [1.807, 2.05) is 11.5 Å². The maximum absolute atomic E-state index is 11.4. The second-order valence-electron chi connectivity index (χ2n) is 4.54. The van der Waals surface area contributed by atoms with Crippen LogP contribution < -0.4 is 5.14 Å². The predicted molar refractivity (Wildman–Crippen MR) is 66.7 cm³/mol. The SMILES string of the molecule is CCCc1nc(S(N)(=O)=O)cn1C1CCOCC1. The number of rotatable bonds is 4. The Morgan fingerprint density at radius 3 is 2.72 bits per heavy atom. The number of primary sulfonamides is 1. The molecular weight excluding hydrogens is 254 g/mol. The Morgan fingerprint density at radius 1 is 1.50 bits per heavy atom. The lowest BCUT2D eigenvalue weighted by molar-refractivity contribution is 0.0687. The molecule has 1 saturated heterocycles. The monoisotopic (exact) mass is 273 g/mol. The zero-order valence-electron chi connectivity index (χ0n) is 10.5. The smallest absolute Gasteiger partial charge is 0.257 e. The van der Waals surface area contributed by atoms with Crippen LogP contribution in [0.3, 0.4) is 0 Å². The largest absolute Gasteiger partial charge is 0.381 e. The van der Waals surface area contributed by atoms with Gasteiger partial charge in [-0.15, -0.1) is 0 Å². The van der Waals surface area contributed by atoms with Crippen molar-refractivity contribution < 1.29 is 13.2 Å². The molecule has 0 aliphatic carbocycles. The van der Waals surface area contributed by atoms with Crippen LogP contribution in [0.4, 0.5) is 0 Å². The van der Waals surface area contributed by atoms with Gasteiger partial charge in [-0.3, -0.25) is 0 Å². The Morgan fingerprint density at radius 2 is 2.17 bits per heavy atom. The standard InChI is InChI=1S/C11H19N3O3S/c1-2-3-10-13-11(18(12,15)16)8-14(10)9-4-6-17-7-5-9/h8-9H,2-7H2,1H3,(H2,12,15,16). The Balaban J connectivity index is 2.34. The van der Waals surface area contributed by atoms with E-state index in [-0.39, 0.29) is 11.1 Å². The maximum atomic E-state index is 11.4. The van der Waals surface area contributed by atoms with E-state index in [2.05, 4.69) is 4.98 Å². The van der Waals surface area contributed by atoms with Gasteiger partial charge in [0.15, 0.2) is 5.03 Å². The average molecular weight is 273 g/mol. The first-order valence-electron chi connectivity index (χ1n) is 6.20. The summed E-state index contributed by atoms with van der Waals surface area (Å²) in [6, 6.07) is 0.267. The van der Waals surface area contributed by atoms with E-state index < -0.39 is 10.0 Å². The van der Waals surface area contributed by atoms with Crippen LogP contribution in [-0.2, 0) is 21.2 Å². The van der Waals surface area contributed by atoms with E-state index in [1.54, 1.807) is 6.20 Å². The fourth-order valence-corrected chi connectivity index (χ4v) is 2.73. The van der Waals surface area contributed by atoms with Gasteiger partial charge in [0.25, 0.3) is 10.0 Å². The van der Waals surface area contributed by atoms with Gasteiger partial charge >= 0.3 is 0 Å². The Kier molecular flexibility index (Phi) is 4.04. The summed E-state index contributed by atoms with van der Waals surface area (Å²) in [6.45, 7) is 3.46. The van der Waals surface area contributed by atoms with Gasteiger partial charge in [-0.1, -0.05) is 6.92 Å². The third kappa shape index (κ3) is 2.90. The minimum Gasteiger partial charge on any atom is -0.381 e. The zero-order chi connectivity index (χ0) is 13.2. The zero-order valence-corrected chi connectivity index (χ0v) is 11.3. The minimum absolute atomic E-state index is 0.0301. The van der Waals surface area contributed by atoms with E-state index in [1.165, 1.54) is 0 Å². The minimum atomic E-state index is -3.72. The number of hydrogen-bond acceptors (Lipinski definition) is 4. The summed E-state index contributed by atoms with van der Waals surface area (Å²) in [7, 11) is -3.72. The molecule has 0 amide bonds. The second kappa shape index (κ2) is 5.38. The molecule has 18 heavy (non-hydrogen) atoms. The molecule has 2 heterocycles. The molecule has 7 heteroatoms. The van der Waals surface area contributed by atoms with Crippen molar-refractivity contribution in [1.29, 1.82) is 0 Å². The molecule has 0 spiro atoms. The predicted octanol–water partition coefficient (Wildman–Crippen LogP) is 0.835. The quantitative estimate of drug-likeness (QED) is 0.880. The number of sulfonamides is 1. The number of hydrogen-bond donors (Lipinski definition) is 1. The fourth-order valence-electron chi connectivity index (χ4n) is 2.23. The average Bonchev–Trinajstić information content (AvgIpc) is 2.75. The van der Waals surface area contributed by atoms with Crippen molar-refractivity contribution in [2.75, 3.05) is 13.2 Å². The summed E-state index contributed by atoms with van der Waals surface area (Å²) in [5.41, 5.74) is 0. The highest BCUT2D eigenvalue weighted by atomic mass is 32.2. The first kappa shape index (κ1) is 13.5. The molecule has 0 saturated carbocycles. The van der Waals surface area contributed by atoms with Crippen LogP contribution in [0.5, 0.6) is 0 Å². The molecule has 0 bridgehead atoms. The molecule has 102 valence electrons. The highest BCUT2D eigenvalue weighted by Crippen LogP contribution is 2.24. The number of nitrogens with zero attached hydrogens (tertiary/aromatic N) is 2. The molecule has 0 atom stereocenters. The van der Waals surface area contributed by atoms with Gasteiger partial charge in [0.05, 0.1) is 0 Å². The van der Waals surface area contributed by atoms with E-state index >= 15 is 0 Å². The lowest BCUT2D eigenvalue weighted by Crippen LogP contribution is -2.20. The fraction of sp³-hybridized carbons (Fsp3) is 0.727. The summed E-state index contributed by atoms with van der Waals surface area (Å²) < 4.78 is 30.0. The molecule has 1 aliphatic heterocycles. The summed E-state index contributed by atoms with van der Waals surface area (Å²) in [5, 5.41) is 5.11. The summed E-state index contributed by atoms with van der Waals surface area (Å²) in [6.07, 6.45) is 5.02. The van der Waals surface area contributed by atoms with Crippen LogP contribution in [0.2, 0.25) is 0 Å². The number of aryl methyl sites for hydroxylation is 1. The highest BCUT2D eigenvalue weighted by Gasteiger charge is 2.22. The van der Waals surface area contributed by atoms with Gasteiger partial charge in [0.2, 0.25) is 0 Å². The molecule has 1 aromatic rings. The van der Waals surface area contributed by atoms with Gasteiger partial charge in [0, 0.05) is 31.9 Å². The molecular formula is C11H19N3O3S. The number of aromatic nitrogens is 2. The Bertz CT molecular complexity index is 504. The van der Waals surface area contributed by atoms with Crippen molar-refractivity contribution in [3.8, 4) is 0 Å². The van der Waals surface area contributed by atoms with Crippen LogP contribution in [0.25, 0.3) is 0 Å². The molecule has 0 aromatic carbocycles. The molecule has 2 rings (SSSR count). The van der Waals surface area contributed by atoms with Crippen LogP contribution in [0.1, 0.15) is 38.1 Å². The van der Waals surface area contributed by atoms with E-state index in [9.17, 15) is 8.42 Å². The van der Waals surface area contributed by atoms with Crippen LogP contribution >= 0.6 is 0 Å². The molecule has 1 fully saturated rings. The van der Waals surface area contributed by atoms with E-state index in [4.69, 9.17) is 9.88 Å². The topological polar surface area (TPSA) is 87.2 Å². The number of imidazole rings is 1. The second-order valence-corrected chi connectivity index (χ2v) is 6.05. The van der Waals surface area contributed by atoms with Crippen LogP contribution in [0.15, 0.2) is 11.2 Å². The van der Waals surface area contributed by atoms with Crippen molar-refractivity contribution in [3.63, 3.8) is 0 Å². The molecule has 1 aliphatic rings. The van der Waals surface area contributed by atoms with Crippen LogP contribution in [-0.4, -0.2) is 31.2 Å². The number of nitrogens with two attached hydrogens (primary N) is 1. The van der Waals surface area contributed by atoms with Crippen molar-refractivity contribution in [3.05, 3.63) is 12.0 Å². The third-order valence-electron chi connectivity index (χ3n) is 3.14. The normalized spacial score (nSPS) is 18.1. The number of ether oxygens (including phenoxy) is 1. The third-order valence-corrected chi connectivity index (χ3v) is 3.92. The molecule has 0 unspecified atom stereocenters. The van der Waals surface area contributed by atoms with Gasteiger partial charge in [0.1, 0.15) is 5.82 Å². The Labute approximate surface area is 107 Å². The van der Waals surface area contributed by atoms with Crippen molar-refractivity contribution in [1.82, 2.24) is 9.55 Å². The lowest BCUT2D eigenvalue weighted by atomic mass is 10.1. The van der Waals surface area contributed by atoms with Gasteiger partial charge < -0.3 is 9.30 Å². The lowest BCUT2D eigenvalue weighted by Gasteiger charge is -2.24. The molecule has 0 radical (unpaired) electrons. The van der Waals surface area contributed by atoms with E-state index in [0.717, 1.165) is 31.5 Å². The maximum Gasteiger partial charge on any atom is 0.257 e. The Hall–Kier alpha value is -0.920. The summed E-state index contributed by atoms with van der Waals surface area (Å²) >= 11 is 0.